The van der Waals surface area contributed by atoms with E-state index in [4.69, 9.17) is 11.6 Å². The Morgan fingerprint density at radius 2 is 1.67 bits per heavy atom. The van der Waals surface area contributed by atoms with Crippen molar-refractivity contribution in [1.29, 1.82) is 0 Å². The third-order valence-corrected chi connectivity index (χ3v) is 8.93. The van der Waals surface area contributed by atoms with Gasteiger partial charge in [0.1, 0.15) is 6.04 Å². The maximum Gasteiger partial charge on any atom is 0.243 e. The van der Waals surface area contributed by atoms with Gasteiger partial charge in [0.25, 0.3) is 0 Å². The van der Waals surface area contributed by atoms with E-state index in [9.17, 15) is 9.59 Å². The summed E-state index contributed by atoms with van der Waals surface area (Å²) in [5, 5.41) is 4.02. The highest BCUT2D eigenvalue weighted by atomic mass is 79.9. The number of amides is 2. The number of carbonyl (C=O) groups is 2. The van der Waals surface area contributed by atoms with Gasteiger partial charge in [0, 0.05) is 39.8 Å². The number of rotatable bonds is 12. The van der Waals surface area contributed by atoms with Crippen LogP contribution in [-0.4, -0.2) is 34.6 Å². The Balaban J connectivity index is 1.51. The average Bonchev–Trinajstić information content (AvgIpc) is 2.95. The summed E-state index contributed by atoms with van der Waals surface area (Å²) in [7, 11) is 0. The van der Waals surface area contributed by atoms with E-state index in [1.54, 1.807) is 16.7 Å². The van der Waals surface area contributed by atoms with Crippen LogP contribution in [0, 0.1) is 0 Å². The summed E-state index contributed by atoms with van der Waals surface area (Å²) < 4.78 is 0.957. The van der Waals surface area contributed by atoms with E-state index in [0.29, 0.717) is 24.4 Å². The summed E-state index contributed by atoms with van der Waals surface area (Å²) in [5.41, 5.74) is 2.04. The Kier molecular flexibility index (Phi) is 11.8. The predicted octanol–water partition coefficient (Wildman–Crippen LogP) is 8.06. The molecule has 3 aromatic rings. The molecule has 0 radical (unpaired) electrons. The molecule has 4 nitrogen and oxygen atoms in total. The minimum Gasteiger partial charge on any atom is -0.352 e. The maximum atomic E-state index is 13.8. The predicted molar refractivity (Wildman–Crippen MR) is 165 cm³/mol. The molecule has 1 aliphatic rings. The van der Waals surface area contributed by atoms with Gasteiger partial charge in [-0.05, 0) is 72.5 Å². The number of nitrogens with zero attached hydrogens (tertiary/aromatic N) is 1. The van der Waals surface area contributed by atoms with E-state index in [1.807, 2.05) is 78.9 Å². The number of hydrogen-bond acceptors (Lipinski definition) is 3. The van der Waals surface area contributed by atoms with Crippen molar-refractivity contribution < 1.29 is 9.59 Å². The molecule has 7 heteroatoms. The van der Waals surface area contributed by atoms with Gasteiger partial charge >= 0.3 is 0 Å². The highest BCUT2D eigenvalue weighted by molar-refractivity contribution is 9.10. The molecule has 4 rings (SSSR count). The summed E-state index contributed by atoms with van der Waals surface area (Å²) in [6, 6.07) is 25.4. The largest absolute Gasteiger partial charge is 0.352 e. The van der Waals surface area contributed by atoms with E-state index < -0.39 is 6.04 Å². The van der Waals surface area contributed by atoms with E-state index in [0.717, 1.165) is 58.4 Å². The number of thioether (sulfide) groups is 1. The zero-order valence-electron chi connectivity index (χ0n) is 22.2. The molecular weight excluding hydrogens is 592 g/mol. The average molecular weight is 628 g/mol. The SMILES string of the molecule is O=C(NC1CCCCC1)C(Cc1ccccc1)N(Cc1cccc(Br)c1)C(=O)CCCSc1ccc(Cl)cc1. The van der Waals surface area contributed by atoms with Crippen molar-refractivity contribution in [3.63, 3.8) is 0 Å². The molecule has 0 spiro atoms. The third-order valence-electron chi connectivity index (χ3n) is 7.08. The normalized spacial score (nSPS) is 14.5. The second-order valence-corrected chi connectivity index (χ2v) is 12.6. The van der Waals surface area contributed by atoms with Gasteiger partial charge in [-0.15, -0.1) is 11.8 Å². The maximum absolute atomic E-state index is 13.8. The lowest BCUT2D eigenvalue weighted by Gasteiger charge is -2.33. The molecule has 1 fully saturated rings. The van der Waals surface area contributed by atoms with Crippen LogP contribution in [-0.2, 0) is 22.6 Å². The van der Waals surface area contributed by atoms with Crippen molar-refractivity contribution in [1.82, 2.24) is 10.2 Å². The first-order valence-corrected chi connectivity index (χ1v) is 15.9. The molecule has 0 aliphatic heterocycles. The zero-order chi connectivity index (χ0) is 27.5. The van der Waals surface area contributed by atoms with Crippen LogP contribution in [0.5, 0.6) is 0 Å². The molecule has 1 saturated carbocycles. The fourth-order valence-corrected chi connectivity index (χ4v) is 6.44. The summed E-state index contributed by atoms with van der Waals surface area (Å²) in [5.74, 6) is 0.770. The minimum atomic E-state index is -0.579. The Morgan fingerprint density at radius 3 is 2.38 bits per heavy atom. The summed E-state index contributed by atoms with van der Waals surface area (Å²) in [4.78, 5) is 30.6. The molecular formula is C32H36BrClN2O2S. The van der Waals surface area contributed by atoms with E-state index >= 15 is 0 Å². The van der Waals surface area contributed by atoms with E-state index in [2.05, 4.69) is 21.2 Å². The number of nitrogens with one attached hydrogen (secondary N) is 1. The van der Waals surface area contributed by atoms with Gasteiger partial charge in [-0.25, -0.2) is 0 Å². The molecule has 0 aromatic heterocycles. The number of halogens is 2. The van der Waals surface area contributed by atoms with Gasteiger partial charge in [0.15, 0.2) is 0 Å². The van der Waals surface area contributed by atoms with Crippen LogP contribution in [0.1, 0.15) is 56.1 Å². The van der Waals surface area contributed by atoms with Crippen LogP contribution >= 0.6 is 39.3 Å². The highest BCUT2D eigenvalue weighted by Crippen LogP contribution is 2.24. The highest BCUT2D eigenvalue weighted by Gasteiger charge is 2.31. The molecule has 39 heavy (non-hydrogen) atoms. The van der Waals surface area contributed by atoms with Crippen molar-refractivity contribution in [3.8, 4) is 0 Å². The first kappa shape index (κ1) is 29.7. The number of benzene rings is 3. The first-order valence-electron chi connectivity index (χ1n) is 13.7. The molecule has 206 valence electrons. The quantitative estimate of drug-likeness (QED) is 0.163. The van der Waals surface area contributed by atoms with Crippen molar-refractivity contribution in [2.45, 2.75) is 74.9 Å². The molecule has 1 N–H and O–H groups in total. The Labute approximate surface area is 250 Å². The zero-order valence-corrected chi connectivity index (χ0v) is 25.3. The molecule has 0 bridgehead atoms. The monoisotopic (exact) mass is 626 g/mol. The lowest BCUT2D eigenvalue weighted by atomic mass is 9.94. The van der Waals surface area contributed by atoms with Crippen LogP contribution < -0.4 is 5.32 Å². The molecule has 0 heterocycles. The molecule has 2 amide bonds. The first-order chi connectivity index (χ1) is 19.0. The Hall–Kier alpha value is -2.28. The molecule has 0 saturated heterocycles. The van der Waals surface area contributed by atoms with Gasteiger partial charge in [-0.2, -0.15) is 0 Å². The van der Waals surface area contributed by atoms with Crippen molar-refractivity contribution >= 4 is 51.1 Å². The van der Waals surface area contributed by atoms with Crippen molar-refractivity contribution in [2.75, 3.05) is 5.75 Å². The number of carbonyl (C=O) groups excluding carboxylic acids is 2. The Morgan fingerprint density at radius 1 is 0.949 bits per heavy atom. The van der Waals surface area contributed by atoms with Gasteiger partial charge in [-0.1, -0.05) is 89.3 Å². The summed E-state index contributed by atoms with van der Waals surface area (Å²) in [6.45, 7) is 0.387. The number of hydrogen-bond donors (Lipinski definition) is 1. The van der Waals surface area contributed by atoms with Crippen LogP contribution in [0.4, 0.5) is 0 Å². The van der Waals surface area contributed by atoms with Crippen molar-refractivity contribution in [2.24, 2.45) is 0 Å². The molecule has 1 atom stereocenters. The van der Waals surface area contributed by atoms with Gasteiger partial charge in [-0.3, -0.25) is 9.59 Å². The lowest BCUT2D eigenvalue weighted by Crippen LogP contribution is -2.52. The minimum absolute atomic E-state index is 0.00593. The van der Waals surface area contributed by atoms with Crippen molar-refractivity contribution in [3.05, 3.63) is 99.5 Å². The fourth-order valence-electron chi connectivity index (χ4n) is 5.02. The van der Waals surface area contributed by atoms with E-state index in [-0.39, 0.29) is 17.9 Å². The summed E-state index contributed by atoms with van der Waals surface area (Å²) in [6.07, 6.45) is 7.11. The van der Waals surface area contributed by atoms with E-state index in [1.165, 1.54) is 6.42 Å². The van der Waals surface area contributed by atoms with Gasteiger partial charge < -0.3 is 10.2 Å². The summed E-state index contributed by atoms with van der Waals surface area (Å²) >= 11 is 11.3. The van der Waals surface area contributed by atoms with Gasteiger partial charge in [0.05, 0.1) is 0 Å². The fraction of sp³-hybridized carbons (Fsp3) is 0.375. The Bertz CT molecular complexity index is 1200. The molecule has 3 aromatic carbocycles. The van der Waals surface area contributed by atoms with Gasteiger partial charge in [0.2, 0.25) is 11.8 Å². The molecule has 1 aliphatic carbocycles. The third kappa shape index (κ3) is 9.70. The molecule has 1 unspecified atom stereocenters. The van der Waals surface area contributed by atoms with Crippen LogP contribution in [0.3, 0.4) is 0 Å². The second kappa shape index (κ2) is 15.5. The van der Waals surface area contributed by atoms with Crippen LogP contribution in [0.15, 0.2) is 88.2 Å². The van der Waals surface area contributed by atoms with Crippen LogP contribution in [0.25, 0.3) is 0 Å². The lowest BCUT2D eigenvalue weighted by molar-refractivity contribution is -0.141. The smallest absolute Gasteiger partial charge is 0.243 e. The van der Waals surface area contributed by atoms with Crippen LogP contribution in [0.2, 0.25) is 5.02 Å². The standard InChI is InChI=1S/C32H36BrClN2O2S/c33-26-12-7-11-25(21-26)23-36(31(37)15-8-20-39-29-18-16-27(34)17-19-29)30(22-24-9-3-1-4-10-24)32(38)35-28-13-5-2-6-14-28/h1,3-4,7,9-12,16-19,21,28,30H,2,5-6,8,13-15,20,22-23H2,(H,35,38). The second-order valence-electron chi connectivity index (χ2n) is 10.1. The topological polar surface area (TPSA) is 49.4 Å².